The molecular formula is C39H63FN8O6. The van der Waals surface area contributed by atoms with Crippen molar-refractivity contribution in [3.8, 4) is 0 Å². The fourth-order valence-corrected chi connectivity index (χ4v) is 7.39. The molecule has 302 valence electrons. The van der Waals surface area contributed by atoms with E-state index in [1.54, 1.807) is 18.3 Å². The molecule has 0 radical (unpaired) electrons. The third kappa shape index (κ3) is 13.0. The minimum Gasteiger partial charge on any atom is -0.382 e. The van der Waals surface area contributed by atoms with Crippen LogP contribution < -0.4 is 17.0 Å². The lowest BCUT2D eigenvalue weighted by Crippen LogP contribution is -2.42. The number of amides is 1. The molecule has 5 unspecified atom stereocenters. The van der Waals surface area contributed by atoms with E-state index in [0.717, 1.165) is 29.9 Å². The summed E-state index contributed by atoms with van der Waals surface area (Å²) in [6.45, 7) is 3.66. The van der Waals surface area contributed by atoms with Gasteiger partial charge < -0.3 is 29.4 Å². The van der Waals surface area contributed by atoms with E-state index in [-0.39, 0.29) is 25.0 Å². The zero-order valence-electron chi connectivity index (χ0n) is 32.6. The van der Waals surface area contributed by atoms with Crippen LogP contribution >= 0.6 is 0 Å². The average molecular weight is 759 g/mol. The molecule has 3 aromatic heterocycles. The maximum atomic E-state index is 16.1. The number of nitrogen functional groups attached to an aromatic ring is 1. The Balaban J connectivity index is 1.32. The molecule has 5 atom stereocenters. The van der Waals surface area contributed by atoms with Gasteiger partial charge in [-0.1, -0.05) is 96.8 Å². The lowest BCUT2D eigenvalue weighted by atomic mass is 9.94. The highest BCUT2D eigenvalue weighted by Gasteiger charge is 2.47. The van der Waals surface area contributed by atoms with Gasteiger partial charge in [-0.25, -0.2) is 24.1 Å². The molecule has 3 aromatic rings. The van der Waals surface area contributed by atoms with E-state index < -0.39 is 35.7 Å². The van der Waals surface area contributed by atoms with Crippen LogP contribution in [0.2, 0.25) is 0 Å². The van der Waals surface area contributed by atoms with E-state index in [2.05, 4.69) is 26.9 Å². The van der Waals surface area contributed by atoms with Crippen LogP contribution in [-0.2, 0) is 25.5 Å². The van der Waals surface area contributed by atoms with Gasteiger partial charge in [0.15, 0.2) is 23.9 Å². The molecule has 14 nitrogen and oxygen atoms in total. The largest absolute Gasteiger partial charge is 0.382 e. The van der Waals surface area contributed by atoms with E-state index in [4.69, 9.17) is 19.9 Å². The van der Waals surface area contributed by atoms with Crippen molar-refractivity contribution in [2.24, 2.45) is 5.92 Å². The summed E-state index contributed by atoms with van der Waals surface area (Å²) in [5.41, 5.74) is 5.75. The molecule has 1 aliphatic rings. The molecule has 0 aliphatic carbocycles. The Morgan fingerprint density at radius 1 is 0.981 bits per heavy atom. The summed E-state index contributed by atoms with van der Waals surface area (Å²) in [5.74, 6) is -0.778. The Bertz CT molecular complexity index is 1650. The third-order valence-corrected chi connectivity index (χ3v) is 10.6. The summed E-state index contributed by atoms with van der Waals surface area (Å²) < 4.78 is 36.2. The number of carbonyl (C=O) groups excluding carboxylic acids is 1. The highest BCUT2D eigenvalue weighted by atomic mass is 19.1. The van der Waals surface area contributed by atoms with E-state index >= 15 is 4.39 Å². The van der Waals surface area contributed by atoms with Crippen LogP contribution in [0.25, 0.3) is 11.2 Å². The zero-order valence-corrected chi connectivity index (χ0v) is 32.6. The summed E-state index contributed by atoms with van der Waals surface area (Å²) >= 11 is 0. The van der Waals surface area contributed by atoms with Gasteiger partial charge in [0.1, 0.15) is 11.8 Å². The summed E-state index contributed by atoms with van der Waals surface area (Å²) in [5, 5.41) is 0. The Morgan fingerprint density at radius 3 is 2.24 bits per heavy atom. The molecule has 15 heteroatoms. The molecule has 0 spiro atoms. The van der Waals surface area contributed by atoms with E-state index in [1.165, 1.54) is 96.7 Å². The topological polar surface area (TPSA) is 172 Å². The number of nitrogens with two attached hydrogens (primary N) is 1. The number of alkyl halides is 1. The van der Waals surface area contributed by atoms with Gasteiger partial charge >= 0.3 is 5.69 Å². The maximum Gasteiger partial charge on any atom is 0.330 e. The first-order chi connectivity index (χ1) is 26.3. The number of aryl methyl sites for hydroxylation is 1. The van der Waals surface area contributed by atoms with Crippen molar-refractivity contribution in [2.75, 3.05) is 39.6 Å². The monoisotopic (exact) mass is 758 g/mol. The van der Waals surface area contributed by atoms with Gasteiger partial charge in [0.25, 0.3) is 5.56 Å². The quantitative estimate of drug-likeness (QED) is 0.0885. The lowest BCUT2D eigenvalue weighted by molar-refractivity contribution is -0.135. The van der Waals surface area contributed by atoms with Crippen LogP contribution in [-0.4, -0.2) is 92.2 Å². The van der Waals surface area contributed by atoms with Crippen molar-refractivity contribution in [3.63, 3.8) is 0 Å². The lowest BCUT2D eigenvalue weighted by Gasteiger charge is -2.29. The van der Waals surface area contributed by atoms with E-state index in [1.807, 2.05) is 4.57 Å². The number of hydrogen-bond acceptors (Lipinski definition) is 10. The molecule has 1 aliphatic heterocycles. The summed E-state index contributed by atoms with van der Waals surface area (Å²) in [6, 6.07) is 1.14. The standard InChI is InChI=1S/C39H63FN8O6/c1-4-5-6-7-8-9-10-11-12-13-14-15-16-17-18-21-46(25-29(53-3)19-22-47-28-44-35-36(41)42-27-43-37(35)47)33(50)24-30-31(26-52-2)54-38(34(30)40)48-23-20-32(49)45-39(48)51/h20,23,27-31,34,38H,4-19,21-22,24-26H2,1-3H3,(H2,41,42,43)(H,45,49,51). The first kappa shape index (κ1) is 43.0. The predicted octanol–water partition coefficient (Wildman–Crippen LogP) is 5.95. The number of hydrogen-bond donors (Lipinski definition) is 2. The number of aromatic nitrogens is 6. The number of ether oxygens (including phenoxy) is 3. The number of methoxy groups -OCH3 is 2. The van der Waals surface area contributed by atoms with Gasteiger partial charge in [0, 0.05) is 58.5 Å². The zero-order chi connectivity index (χ0) is 38.7. The van der Waals surface area contributed by atoms with Gasteiger partial charge in [-0.05, 0) is 12.8 Å². The molecule has 0 aromatic carbocycles. The van der Waals surface area contributed by atoms with Crippen LogP contribution in [0.3, 0.4) is 0 Å². The summed E-state index contributed by atoms with van der Waals surface area (Å²) in [4.78, 5) is 54.8. The number of imidazole rings is 1. The molecule has 3 N–H and O–H groups in total. The summed E-state index contributed by atoms with van der Waals surface area (Å²) in [6.07, 6.45) is 19.3. The summed E-state index contributed by atoms with van der Waals surface area (Å²) in [7, 11) is 3.10. The number of unbranched alkanes of at least 4 members (excludes halogenated alkanes) is 14. The Hall–Kier alpha value is -3.69. The van der Waals surface area contributed by atoms with Crippen LogP contribution in [0.5, 0.6) is 0 Å². The molecular weight excluding hydrogens is 695 g/mol. The highest BCUT2D eigenvalue weighted by Crippen LogP contribution is 2.38. The van der Waals surface area contributed by atoms with Crippen molar-refractivity contribution >= 4 is 22.9 Å². The van der Waals surface area contributed by atoms with Gasteiger partial charge in [-0.3, -0.25) is 19.1 Å². The van der Waals surface area contributed by atoms with Crippen molar-refractivity contribution in [3.05, 3.63) is 45.8 Å². The van der Waals surface area contributed by atoms with Crippen molar-refractivity contribution in [1.29, 1.82) is 0 Å². The molecule has 4 heterocycles. The second-order valence-electron chi connectivity index (χ2n) is 14.7. The van der Waals surface area contributed by atoms with Crippen molar-refractivity contribution in [2.45, 2.75) is 147 Å². The number of carbonyl (C=O) groups is 1. The number of nitrogens with one attached hydrogen (secondary N) is 1. The van der Waals surface area contributed by atoms with Crippen LogP contribution in [0.1, 0.15) is 122 Å². The van der Waals surface area contributed by atoms with Crippen LogP contribution in [0.4, 0.5) is 10.2 Å². The SMILES string of the molecule is CCCCCCCCCCCCCCCCCN(CC(CCn1cnc2c(N)ncnc21)OC)C(=O)CC1C(COC)OC(n2ccc(=O)[nH]c2=O)C1F. The van der Waals surface area contributed by atoms with Crippen LogP contribution in [0, 0.1) is 5.92 Å². The number of nitrogens with zero attached hydrogens (tertiary/aromatic N) is 6. The number of fused-ring (bicyclic) bond motifs is 1. The maximum absolute atomic E-state index is 16.1. The Morgan fingerprint density at radius 2 is 1.63 bits per heavy atom. The number of aromatic amines is 1. The van der Waals surface area contributed by atoms with Gasteiger partial charge in [-0.2, -0.15) is 0 Å². The number of anilines is 1. The fourth-order valence-electron chi connectivity index (χ4n) is 7.39. The molecule has 1 fully saturated rings. The number of halogens is 1. The van der Waals surface area contributed by atoms with Crippen molar-refractivity contribution < 1.29 is 23.4 Å². The van der Waals surface area contributed by atoms with Gasteiger partial charge in [0.05, 0.1) is 25.1 Å². The average Bonchev–Trinajstić information content (AvgIpc) is 3.71. The molecule has 1 amide bonds. The van der Waals surface area contributed by atoms with Gasteiger partial charge in [-0.15, -0.1) is 0 Å². The Kier molecular flexibility index (Phi) is 18.6. The predicted molar refractivity (Wildman–Crippen MR) is 207 cm³/mol. The second-order valence-corrected chi connectivity index (χ2v) is 14.7. The molecule has 0 bridgehead atoms. The fraction of sp³-hybridized carbons (Fsp3) is 0.744. The van der Waals surface area contributed by atoms with E-state index in [0.29, 0.717) is 43.0 Å². The normalized spacial score (nSPS) is 19.1. The minimum atomic E-state index is -1.69. The minimum absolute atomic E-state index is 0.0413. The van der Waals surface area contributed by atoms with E-state index in [9.17, 15) is 14.4 Å². The first-order valence-electron chi connectivity index (χ1n) is 20.1. The molecule has 0 saturated carbocycles. The molecule has 54 heavy (non-hydrogen) atoms. The van der Waals surface area contributed by atoms with Crippen molar-refractivity contribution in [1.82, 2.24) is 34.0 Å². The molecule has 1 saturated heterocycles. The van der Waals surface area contributed by atoms with Crippen LogP contribution in [0.15, 0.2) is 34.5 Å². The number of rotatable bonds is 27. The second kappa shape index (κ2) is 23.3. The first-order valence-corrected chi connectivity index (χ1v) is 20.1. The van der Waals surface area contributed by atoms with Gasteiger partial charge in [0.2, 0.25) is 5.91 Å². The third-order valence-electron chi connectivity index (χ3n) is 10.6. The molecule has 4 rings (SSSR count). The smallest absolute Gasteiger partial charge is 0.330 e. The Labute approximate surface area is 318 Å². The number of H-pyrrole nitrogens is 1. The highest BCUT2D eigenvalue weighted by molar-refractivity contribution is 5.81.